The highest BCUT2D eigenvalue weighted by molar-refractivity contribution is 5.66. The molecule has 4 N–H and O–H groups in total. The second-order valence-electron chi connectivity index (χ2n) is 4.54. The summed E-state index contributed by atoms with van der Waals surface area (Å²) in [5, 5.41) is 12.2. The molecule has 2 unspecified atom stereocenters. The van der Waals surface area contributed by atoms with Crippen molar-refractivity contribution in [3.8, 4) is 0 Å². The summed E-state index contributed by atoms with van der Waals surface area (Å²) < 4.78 is 26.5. The maximum atomic E-state index is 13.4. The van der Waals surface area contributed by atoms with E-state index in [1.165, 1.54) is 6.07 Å². The van der Waals surface area contributed by atoms with Crippen molar-refractivity contribution in [2.45, 2.75) is 25.4 Å². The summed E-state index contributed by atoms with van der Waals surface area (Å²) in [5.74, 6) is -1.57. The number of aliphatic hydroxyl groups excluding tert-OH is 1. The Balaban J connectivity index is 2.01. The van der Waals surface area contributed by atoms with Crippen LogP contribution in [0.15, 0.2) is 12.1 Å². The van der Waals surface area contributed by atoms with E-state index < -0.39 is 11.6 Å². The lowest BCUT2D eigenvalue weighted by molar-refractivity contribution is 0.178. The summed E-state index contributed by atoms with van der Waals surface area (Å²) in [6, 6.07) is 2.35. The first-order valence-corrected chi connectivity index (χ1v) is 5.73. The van der Waals surface area contributed by atoms with Crippen molar-refractivity contribution in [2.24, 2.45) is 5.92 Å². The summed E-state index contributed by atoms with van der Waals surface area (Å²) in [6.07, 6.45) is 2.10. The van der Waals surface area contributed by atoms with Crippen molar-refractivity contribution in [3.05, 3.63) is 23.8 Å². The van der Waals surface area contributed by atoms with E-state index in [0.717, 1.165) is 18.9 Å². The molecule has 94 valence electrons. The number of nitrogens with one attached hydrogen (secondary N) is 1. The minimum atomic E-state index is -0.941. The third kappa shape index (κ3) is 2.66. The summed E-state index contributed by atoms with van der Waals surface area (Å²) in [4.78, 5) is 0. The molecule has 0 heterocycles. The van der Waals surface area contributed by atoms with Gasteiger partial charge < -0.3 is 16.2 Å². The van der Waals surface area contributed by atoms with Gasteiger partial charge in [0.15, 0.2) is 11.6 Å². The SMILES string of the molecule is Nc1ccc(F)c(F)c1NCC1CCC(O)C1. The normalized spacial score (nSPS) is 23.9. The minimum absolute atomic E-state index is 0.0198. The van der Waals surface area contributed by atoms with E-state index in [9.17, 15) is 13.9 Å². The van der Waals surface area contributed by atoms with Crippen LogP contribution < -0.4 is 11.1 Å². The molecular formula is C12H16F2N2O. The van der Waals surface area contributed by atoms with E-state index >= 15 is 0 Å². The van der Waals surface area contributed by atoms with Crippen LogP contribution in [0.2, 0.25) is 0 Å². The molecule has 0 aliphatic heterocycles. The van der Waals surface area contributed by atoms with E-state index in [0.29, 0.717) is 13.0 Å². The summed E-state index contributed by atoms with van der Waals surface area (Å²) in [5.41, 5.74) is 5.80. The zero-order valence-corrected chi connectivity index (χ0v) is 9.42. The Morgan fingerprint density at radius 2 is 2.12 bits per heavy atom. The predicted octanol–water partition coefficient (Wildman–Crippen LogP) is 2.12. The first kappa shape index (κ1) is 12.1. The van der Waals surface area contributed by atoms with Crippen molar-refractivity contribution in [2.75, 3.05) is 17.6 Å². The van der Waals surface area contributed by atoms with Gasteiger partial charge in [0, 0.05) is 6.54 Å². The molecule has 0 bridgehead atoms. The molecule has 0 amide bonds. The zero-order chi connectivity index (χ0) is 12.4. The summed E-state index contributed by atoms with van der Waals surface area (Å²) >= 11 is 0. The molecule has 1 saturated carbocycles. The van der Waals surface area contributed by atoms with Crippen LogP contribution in [0.5, 0.6) is 0 Å². The standard InChI is InChI=1S/C12H16F2N2O/c13-9-3-4-10(15)12(11(9)14)16-6-7-1-2-8(17)5-7/h3-4,7-8,16-17H,1-2,5-6,15H2. The van der Waals surface area contributed by atoms with Crippen LogP contribution in [0.3, 0.4) is 0 Å². The predicted molar refractivity (Wildman–Crippen MR) is 62.6 cm³/mol. The maximum Gasteiger partial charge on any atom is 0.183 e. The fourth-order valence-corrected chi connectivity index (χ4v) is 2.23. The zero-order valence-electron chi connectivity index (χ0n) is 9.42. The smallest absolute Gasteiger partial charge is 0.183 e. The molecular weight excluding hydrogens is 226 g/mol. The fraction of sp³-hybridized carbons (Fsp3) is 0.500. The fourth-order valence-electron chi connectivity index (χ4n) is 2.23. The molecule has 0 aromatic heterocycles. The lowest BCUT2D eigenvalue weighted by Gasteiger charge is -2.14. The van der Waals surface area contributed by atoms with Crippen LogP contribution in [0.1, 0.15) is 19.3 Å². The highest BCUT2D eigenvalue weighted by atomic mass is 19.2. The molecule has 1 aliphatic carbocycles. The molecule has 2 atom stereocenters. The van der Waals surface area contributed by atoms with Gasteiger partial charge in [-0.15, -0.1) is 0 Å². The van der Waals surface area contributed by atoms with E-state index in [2.05, 4.69) is 5.32 Å². The average Bonchev–Trinajstić information content (AvgIpc) is 2.70. The number of halogens is 2. The number of benzene rings is 1. The van der Waals surface area contributed by atoms with Gasteiger partial charge in [-0.05, 0) is 37.3 Å². The summed E-state index contributed by atoms with van der Waals surface area (Å²) in [6.45, 7) is 0.502. The van der Waals surface area contributed by atoms with Gasteiger partial charge in [0.2, 0.25) is 0 Å². The van der Waals surface area contributed by atoms with E-state index in [-0.39, 0.29) is 23.4 Å². The van der Waals surface area contributed by atoms with Crippen molar-refractivity contribution >= 4 is 11.4 Å². The molecule has 5 heteroatoms. The van der Waals surface area contributed by atoms with Gasteiger partial charge in [0.25, 0.3) is 0 Å². The highest BCUT2D eigenvalue weighted by Crippen LogP contribution is 2.28. The monoisotopic (exact) mass is 242 g/mol. The van der Waals surface area contributed by atoms with Crippen molar-refractivity contribution < 1.29 is 13.9 Å². The number of anilines is 2. The highest BCUT2D eigenvalue weighted by Gasteiger charge is 2.23. The lowest BCUT2D eigenvalue weighted by Crippen LogP contribution is -2.15. The lowest BCUT2D eigenvalue weighted by atomic mass is 10.1. The molecule has 0 spiro atoms. The molecule has 1 fully saturated rings. The van der Waals surface area contributed by atoms with E-state index in [1.54, 1.807) is 0 Å². The Hall–Kier alpha value is -1.36. The topological polar surface area (TPSA) is 58.3 Å². The van der Waals surface area contributed by atoms with Crippen molar-refractivity contribution in [1.82, 2.24) is 0 Å². The Labute approximate surface area is 98.6 Å². The molecule has 0 saturated heterocycles. The number of hydrogen-bond acceptors (Lipinski definition) is 3. The average molecular weight is 242 g/mol. The molecule has 2 rings (SSSR count). The maximum absolute atomic E-state index is 13.4. The van der Waals surface area contributed by atoms with Gasteiger partial charge >= 0.3 is 0 Å². The van der Waals surface area contributed by atoms with Gasteiger partial charge in [0.05, 0.1) is 17.5 Å². The van der Waals surface area contributed by atoms with Crippen molar-refractivity contribution in [1.29, 1.82) is 0 Å². The quantitative estimate of drug-likeness (QED) is 0.711. The molecule has 1 aromatic carbocycles. The first-order valence-electron chi connectivity index (χ1n) is 5.73. The largest absolute Gasteiger partial charge is 0.397 e. The Bertz CT molecular complexity index is 412. The van der Waals surface area contributed by atoms with Gasteiger partial charge in [-0.2, -0.15) is 0 Å². The molecule has 3 nitrogen and oxygen atoms in total. The molecule has 1 aromatic rings. The van der Waals surface area contributed by atoms with Gasteiger partial charge in [0.1, 0.15) is 0 Å². The molecule has 0 radical (unpaired) electrons. The van der Waals surface area contributed by atoms with Crippen molar-refractivity contribution in [3.63, 3.8) is 0 Å². The van der Waals surface area contributed by atoms with Crippen LogP contribution in [-0.2, 0) is 0 Å². The van der Waals surface area contributed by atoms with Crippen LogP contribution in [0, 0.1) is 17.6 Å². The third-order valence-electron chi connectivity index (χ3n) is 3.21. The van der Waals surface area contributed by atoms with E-state index in [1.807, 2.05) is 0 Å². The van der Waals surface area contributed by atoms with Crippen LogP contribution in [0.4, 0.5) is 20.2 Å². The van der Waals surface area contributed by atoms with Crippen LogP contribution >= 0.6 is 0 Å². The molecule has 1 aliphatic rings. The minimum Gasteiger partial charge on any atom is -0.397 e. The Kier molecular flexibility index (Phi) is 3.47. The molecule has 17 heavy (non-hydrogen) atoms. The first-order chi connectivity index (χ1) is 8.08. The van der Waals surface area contributed by atoms with Crippen LogP contribution in [-0.4, -0.2) is 17.8 Å². The Morgan fingerprint density at radius 3 is 2.76 bits per heavy atom. The number of aliphatic hydroxyl groups is 1. The number of rotatable bonds is 3. The van der Waals surface area contributed by atoms with E-state index in [4.69, 9.17) is 5.73 Å². The second-order valence-corrected chi connectivity index (χ2v) is 4.54. The summed E-state index contributed by atoms with van der Waals surface area (Å²) in [7, 11) is 0. The second kappa shape index (κ2) is 4.87. The third-order valence-corrected chi connectivity index (χ3v) is 3.21. The Morgan fingerprint density at radius 1 is 1.35 bits per heavy atom. The van der Waals surface area contributed by atoms with Crippen LogP contribution in [0.25, 0.3) is 0 Å². The number of hydrogen-bond donors (Lipinski definition) is 3. The van der Waals surface area contributed by atoms with Gasteiger partial charge in [-0.3, -0.25) is 0 Å². The van der Waals surface area contributed by atoms with Gasteiger partial charge in [-0.1, -0.05) is 0 Å². The number of nitrogen functional groups attached to an aromatic ring is 1. The van der Waals surface area contributed by atoms with Gasteiger partial charge in [-0.25, -0.2) is 8.78 Å². The number of nitrogens with two attached hydrogens (primary N) is 1.